The number of hydrogen-bond donors (Lipinski definition) is 1. The van der Waals surface area contributed by atoms with Gasteiger partial charge in [0.2, 0.25) is 12.2 Å². The lowest BCUT2D eigenvalue weighted by Gasteiger charge is -2.46. The minimum Gasteiger partial charge on any atom is -0.445 e. The number of nitrogens with one attached hydrogen (secondary N) is 1. The van der Waals surface area contributed by atoms with Gasteiger partial charge in [-0.05, 0) is 25.7 Å². The van der Waals surface area contributed by atoms with Crippen LogP contribution in [-0.2, 0) is 28.4 Å². The zero-order valence-electron chi connectivity index (χ0n) is 21.2. The number of unbranched alkanes of at least 4 members (excludes halogenated alkanes) is 4. The highest BCUT2D eigenvalue weighted by atomic mass is 35.6. The van der Waals surface area contributed by atoms with Crippen molar-refractivity contribution >= 4 is 40.7 Å². The third kappa shape index (κ3) is 11.9. The smallest absolute Gasteiger partial charge is 0.265 e. The fourth-order valence-electron chi connectivity index (χ4n) is 3.39. The molecule has 1 heterocycles. The Kier molecular flexibility index (Phi) is 17.4. The van der Waals surface area contributed by atoms with Crippen LogP contribution in [0.15, 0.2) is 0 Å². The Hall–Kier alpha value is 0.140. The fraction of sp³-hybridized carbons (Fsp3) is 0.958. The quantitative estimate of drug-likeness (QED) is 0.0918. The normalized spacial score (nSPS) is 25.4. The lowest BCUT2D eigenvalue weighted by molar-refractivity contribution is -0.308. The Balaban J connectivity index is 3.19. The summed E-state index contributed by atoms with van der Waals surface area (Å²) in [6, 6.07) is 0. The molecule has 5 atom stereocenters. The molecule has 34 heavy (non-hydrogen) atoms. The largest absolute Gasteiger partial charge is 0.445 e. The molecule has 1 aliphatic rings. The van der Waals surface area contributed by atoms with Gasteiger partial charge in [0.05, 0.1) is 6.61 Å². The van der Waals surface area contributed by atoms with Crippen LogP contribution in [0.1, 0.15) is 79.1 Å². The van der Waals surface area contributed by atoms with Crippen LogP contribution < -0.4 is 0 Å². The predicted molar refractivity (Wildman–Crippen MR) is 137 cm³/mol. The highest BCUT2D eigenvalue weighted by molar-refractivity contribution is 6.76. The maximum Gasteiger partial charge on any atom is 0.265 e. The molecule has 0 aliphatic carbocycles. The van der Waals surface area contributed by atoms with Gasteiger partial charge in [0, 0.05) is 26.4 Å². The van der Waals surface area contributed by atoms with E-state index in [9.17, 15) is 0 Å². The lowest BCUT2D eigenvalue weighted by atomic mass is 9.98. The summed E-state index contributed by atoms with van der Waals surface area (Å²) in [6.45, 7) is 10.9. The molecule has 0 aromatic heterocycles. The molecule has 1 aliphatic heterocycles. The minimum atomic E-state index is -2.02. The van der Waals surface area contributed by atoms with Crippen LogP contribution >= 0.6 is 34.8 Å². The zero-order valence-corrected chi connectivity index (χ0v) is 23.4. The molecule has 1 rings (SSSR count). The number of alkyl halides is 3. The monoisotopic (exact) mass is 547 g/mol. The number of halogens is 3. The Morgan fingerprint density at radius 2 is 1.21 bits per heavy atom. The Bertz CT molecular complexity index is 537. The van der Waals surface area contributed by atoms with Crippen molar-refractivity contribution in [2.45, 2.75) is 114 Å². The van der Waals surface area contributed by atoms with Gasteiger partial charge in [-0.2, -0.15) is 0 Å². The molecule has 1 N–H and O–H groups in total. The van der Waals surface area contributed by atoms with E-state index >= 15 is 0 Å². The molecule has 5 unspecified atom stereocenters. The lowest BCUT2D eigenvalue weighted by Crippen LogP contribution is -2.62. The zero-order chi connectivity index (χ0) is 25.4. The van der Waals surface area contributed by atoms with Crippen molar-refractivity contribution < 1.29 is 28.4 Å². The maximum atomic E-state index is 8.10. The van der Waals surface area contributed by atoms with Crippen molar-refractivity contribution in [3.8, 4) is 0 Å². The van der Waals surface area contributed by atoms with Crippen molar-refractivity contribution in [3.63, 3.8) is 0 Å². The summed E-state index contributed by atoms with van der Waals surface area (Å²) in [5, 5.41) is 8.10. The second-order valence-electron chi connectivity index (χ2n) is 8.48. The molecule has 10 heteroatoms. The number of hydrogen-bond acceptors (Lipinski definition) is 7. The minimum absolute atomic E-state index is 0.299. The third-order valence-electron chi connectivity index (χ3n) is 5.43. The Labute approximate surface area is 220 Å². The van der Waals surface area contributed by atoms with Gasteiger partial charge < -0.3 is 28.4 Å². The molecule has 202 valence electrons. The van der Waals surface area contributed by atoms with E-state index in [1.807, 2.05) is 0 Å². The van der Waals surface area contributed by atoms with E-state index in [2.05, 4.69) is 27.7 Å². The first-order valence-corrected chi connectivity index (χ1v) is 13.8. The molecule has 0 amide bonds. The van der Waals surface area contributed by atoms with Crippen LogP contribution in [0.2, 0.25) is 0 Å². The summed E-state index contributed by atoms with van der Waals surface area (Å²) in [7, 11) is 0. The van der Waals surface area contributed by atoms with Gasteiger partial charge in [-0.3, -0.25) is 5.41 Å². The Morgan fingerprint density at radius 1 is 0.735 bits per heavy atom. The first kappa shape index (κ1) is 32.2. The average molecular weight is 549 g/mol. The Morgan fingerprint density at radius 3 is 1.71 bits per heavy atom. The summed E-state index contributed by atoms with van der Waals surface area (Å²) >= 11 is 17.7. The summed E-state index contributed by atoms with van der Waals surface area (Å²) in [4.78, 5) is 0. The van der Waals surface area contributed by atoms with E-state index in [4.69, 9.17) is 68.6 Å². The molecular formula is C24H44Cl3NO6. The SMILES string of the molecule is CCCCOCC1OC(OC(=N)C(Cl)(Cl)Cl)C(OCCCC)C(OCCCC)C1OCCCC. The van der Waals surface area contributed by atoms with Crippen LogP contribution in [0.25, 0.3) is 0 Å². The van der Waals surface area contributed by atoms with Crippen LogP contribution in [-0.4, -0.2) is 73.4 Å². The molecular weight excluding hydrogens is 505 g/mol. The van der Waals surface area contributed by atoms with Gasteiger partial charge in [-0.25, -0.2) is 0 Å². The summed E-state index contributed by atoms with van der Waals surface area (Å²) < 4.78 is 34.7. The predicted octanol–water partition coefficient (Wildman–Crippen LogP) is 6.45. The van der Waals surface area contributed by atoms with Crippen molar-refractivity contribution in [2.75, 3.05) is 33.0 Å². The van der Waals surface area contributed by atoms with Crippen molar-refractivity contribution in [2.24, 2.45) is 0 Å². The molecule has 0 spiro atoms. The second kappa shape index (κ2) is 18.4. The molecule has 0 aromatic carbocycles. The van der Waals surface area contributed by atoms with Gasteiger partial charge in [0.15, 0.2) is 0 Å². The van der Waals surface area contributed by atoms with Crippen LogP contribution in [0.3, 0.4) is 0 Å². The first-order chi connectivity index (χ1) is 16.3. The first-order valence-electron chi connectivity index (χ1n) is 12.7. The molecule has 7 nitrogen and oxygen atoms in total. The summed E-state index contributed by atoms with van der Waals surface area (Å²) in [5.74, 6) is -0.532. The number of rotatable bonds is 18. The average Bonchev–Trinajstić information content (AvgIpc) is 2.79. The van der Waals surface area contributed by atoms with Crippen molar-refractivity contribution in [3.05, 3.63) is 0 Å². The molecule has 0 bridgehead atoms. The summed E-state index contributed by atoms with van der Waals surface area (Å²) in [5.41, 5.74) is 0. The van der Waals surface area contributed by atoms with Crippen molar-refractivity contribution in [1.82, 2.24) is 0 Å². The van der Waals surface area contributed by atoms with E-state index in [1.165, 1.54) is 0 Å². The second-order valence-corrected chi connectivity index (χ2v) is 10.8. The molecule has 0 saturated carbocycles. The van der Waals surface area contributed by atoms with Gasteiger partial charge in [0.25, 0.3) is 3.79 Å². The molecule has 0 radical (unpaired) electrons. The molecule has 1 saturated heterocycles. The highest BCUT2D eigenvalue weighted by Gasteiger charge is 2.50. The van der Waals surface area contributed by atoms with E-state index in [1.54, 1.807) is 0 Å². The number of ether oxygens (including phenoxy) is 6. The third-order valence-corrected chi connectivity index (χ3v) is 5.95. The highest BCUT2D eigenvalue weighted by Crippen LogP contribution is 2.33. The van der Waals surface area contributed by atoms with Gasteiger partial charge in [0.1, 0.15) is 24.4 Å². The van der Waals surface area contributed by atoms with Crippen LogP contribution in [0.4, 0.5) is 0 Å². The molecule has 0 aromatic rings. The fourth-order valence-corrected chi connectivity index (χ4v) is 3.53. The topological polar surface area (TPSA) is 79.2 Å². The van der Waals surface area contributed by atoms with Crippen molar-refractivity contribution in [1.29, 1.82) is 5.41 Å². The molecule has 1 fully saturated rings. The standard InChI is InChI=1S/C24H44Cl3NO6/c1-5-9-13-29-17-18-19(30-14-10-6-2)20(31-15-11-7-3)21(32-16-12-8-4)22(33-18)34-23(28)24(25,26)27/h18-22,28H,5-17H2,1-4H3. The van der Waals surface area contributed by atoms with Crippen LogP contribution in [0.5, 0.6) is 0 Å². The summed E-state index contributed by atoms with van der Waals surface area (Å²) in [6.07, 6.45) is 4.57. The van der Waals surface area contributed by atoms with E-state index < -0.39 is 40.4 Å². The maximum absolute atomic E-state index is 8.10. The van der Waals surface area contributed by atoms with Gasteiger partial charge >= 0.3 is 0 Å². The van der Waals surface area contributed by atoms with E-state index in [-0.39, 0.29) is 0 Å². The van der Waals surface area contributed by atoms with E-state index in [0.717, 1.165) is 51.4 Å². The van der Waals surface area contributed by atoms with Crippen LogP contribution in [0, 0.1) is 5.41 Å². The van der Waals surface area contributed by atoms with Gasteiger partial charge in [-0.15, -0.1) is 0 Å². The van der Waals surface area contributed by atoms with E-state index in [0.29, 0.717) is 33.0 Å². The van der Waals surface area contributed by atoms with Gasteiger partial charge in [-0.1, -0.05) is 88.2 Å².